The lowest BCUT2D eigenvalue weighted by Crippen LogP contribution is -2.38. The van der Waals surface area contributed by atoms with Crippen LogP contribution in [0.2, 0.25) is 0 Å². The Morgan fingerprint density at radius 2 is 1.77 bits per heavy atom. The molecule has 1 saturated heterocycles. The lowest BCUT2D eigenvalue weighted by Gasteiger charge is -2.29. The van der Waals surface area contributed by atoms with Crippen molar-refractivity contribution in [2.75, 3.05) is 45.3 Å². The maximum atomic E-state index is 13.0. The number of hydrogen-bond acceptors (Lipinski definition) is 8. The predicted octanol–water partition coefficient (Wildman–Crippen LogP) is 2.44. The number of ether oxygens (including phenoxy) is 1. The minimum atomic E-state index is -0.148. The van der Waals surface area contributed by atoms with E-state index in [9.17, 15) is 9.59 Å². The van der Waals surface area contributed by atoms with Gasteiger partial charge in [-0.3, -0.25) is 9.59 Å². The molecule has 0 bridgehead atoms. The SMILES string of the molecule is CC(NC(C)(C)C)c1cc(C(=O)N(C)C)cc2c(=O)cc(N3CCOCC3)oc12.O=S. The third-order valence-electron chi connectivity index (χ3n) is 4.94. The number of fused-ring (bicyclic) bond motifs is 1. The summed E-state index contributed by atoms with van der Waals surface area (Å²) in [7, 11) is 3.40. The molecule has 1 aromatic heterocycles. The summed E-state index contributed by atoms with van der Waals surface area (Å²) in [6, 6.07) is 4.87. The molecule has 1 fully saturated rings. The number of carbonyl (C=O) groups excluding carboxylic acids is 1. The minimum absolute atomic E-state index is 0.115. The van der Waals surface area contributed by atoms with Crippen molar-refractivity contribution in [2.45, 2.75) is 39.3 Å². The molecule has 0 spiro atoms. The second-order valence-corrected chi connectivity index (χ2v) is 8.81. The largest absolute Gasteiger partial charge is 0.440 e. The third kappa shape index (κ3) is 6.09. The molecule has 1 atom stereocenters. The first-order valence-corrected chi connectivity index (χ1v) is 10.5. The lowest BCUT2D eigenvalue weighted by atomic mass is 9.98. The number of morpholine rings is 1. The Kier molecular flexibility index (Phi) is 8.27. The van der Waals surface area contributed by atoms with Gasteiger partial charge in [0.1, 0.15) is 5.58 Å². The lowest BCUT2D eigenvalue weighted by molar-refractivity contribution is 0.0827. The van der Waals surface area contributed by atoms with Gasteiger partial charge in [0.2, 0.25) is 0 Å². The molecule has 0 radical (unpaired) electrons. The van der Waals surface area contributed by atoms with E-state index in [2.05, 4.69) is 38.6 Å². The number of anilines is 1. The second-order valence-electron chi connectivity index (χ2n) is 8.81. The van der Waals surface area contributed by atoms with Crippen molar-refractivity contribution in [3.05, 3.63) is 39.5 Å². The van der Waals surface area contributed by atoms with Gasteiger partial charge >= 0.3 is 0 Å². The van der Waals surface area contributed by atoms with E-state index in [1.165, 1.54) is 11.0 Å². The van der Waals surface area contributed by atoms with E-state index in [0.717, 1.165) is 5.56 Å². The van der Waals surface area contributed by atoms with Crippen LogP contribution in [0, 0.1) is 0 Å². The van der Waals surface area contributed by atoms with Gasteiger partial charge in [0.05, 0.1) is 18.6 Å². The fourth-order valence-electron chi connectivity index (χ4n) is 3.64. The molecule has 1 amide bonds. The van der Waals surface area contributed by atoms with Crippen LogP contribution in [0.1, 0.15) is 49.7 Å². The first kappa shape index (κ1) is 24.9. The van der Waals surface area contributed by atoms with E-state index in [1.54, 1.807) is 20.2 Å². The van der Waals surface area contributed by atoms with Crippen molar-refractivity contribution in [1.29, 1.82) is 0 Å². The Bertz CT molecular complexity index is 977. The zero-order valence-electron chi connectivity index (χ0n) is 19.0. The highest BCUT2D eigenvalue weighted by Crippen LogP contribution is 2.29. The van der Waals surface area contributed by atoms with Crippen LogP contribution < -0.4 is 15.6 Å². The van der Waals surface area contributed by atoms with E-state index >= 15 is 0 Å². The molecule has 0 aliphatic carbocycles. The molecule has 1 N–H and O–H groups in total. The topological polar surface area (TPSA) is 92.1 Å². The number of hydrogen-bond donors (Lipinski definition) is 1. The van der Waals surface area contributed by atoms with Crippen LogP contribution in [0.4, 0.5) is 5.88 Å². The zero-order chi connectivity index (χ0) is 23.3. The molecule has 8 nitrogen and oxygen atoms in total. The average molecular weight is 450 g/mol. The number of nitrogens with one attached hydrogen (secondary N) is 1. The van der Waals surface area contributed by atoms with Gasteiger partial charge in [-0.2, -0.15) is 4.21 Å². The molecule has 3 rings (SSSR count). The fraction of sp³-hybridized carbons (Fsp3) is 0.545. The van der Waals surface area contributed by atoms with Crippen LogP contribution in [0.3, 0.4) is 0 Å². The van der Waals surface area contributed by atoms with Crippen molar-refractivity contribution in [2.24, 2.45) is 0 Å². The van der Waals surface area contributed by atoms with E-state index in [0.29, 0.717) is 48.7 Å². The summed E-state index contributed by atoms with van der Waals surface area (Å²) in [6.45, 7) is 10.8. The monoisotopic (exact) mass is 449 g/mol. The standard InChI is InChI=1S/C22H31N3O4.OS/c1-14(23-22(2,3)4)16-11-15(21(27)24(5)6)12-17-18(26)13-19(29-20(16)17)25-7-9-28-10-8-25;1-2/h11-14,23H,7-10H2,1-6H3;. The van der Waals surface area contributed by atoms with E-state index in [4.69, 9.17) is 13.4 Å². The summed E-state index contributed by atoms with van der Waals surface area (Å²) >= 11 is 2.83. The Balaban J connectivity index is 0.00000166. The van der Waals surface area contributed by atoms with Crippen molar-refractivity contribution >= 4 is 35.3 Å². The van der Waals surface area contributed by atoms with Gasteiger partial charge in [0.25, 0.3) is 5.91 Å². The number of benzene rings is 1. The average Bonchev–Trinajstić information content (AvgIpc) is 2.73. The summed E-state index contributed by atoms with van der Waals surface area (Å²) in [5.41, 5.74) is 1.51. The number of rotatable bonds is 4. The molecule has 1 aliphatic rings. The van der Waals surface area contributed by atoms with E-state index < -0.39 is 0 Å². The molecule has 2 aromatic rings. The number of amides is 1. The minimum Gasteiger partial charge on any atom is -0.440 e. The summed E-state index contributed by atoms with van der Waals surface area (Å²) in [5, 5.41) is 3.94. The smallest absolute Gasteiger partial charge is 0.253 e. The summed E-state index contributed by atoms with van der Waals surface area (Å²) in [4.78, 5) is 29.1. The molecule has 0 saturated carbocycles. The first-order chi connectivity index (χ1) is 14.6. The Hall–Kier alpha value is -2.36. The quantitative estimate of drug-likeness (QED) is 0.761. The molecule has 1 aromatic carbocycles. The zero-order valence-corrected chi connectivity index (χ0v) is 19.8. The van der Waals surface area contributed by atoms with Crippen molar-refractivity contribution in [3.8, 4) is 0 Å². The van der Waals surface area contributed by atoms with Crippen LogP contribution in [-0.2, 0) is 17.3 Å². The van der Waals surface area contributed by atoms with Gasteiger partial charge in [-0.15, -0.1) is 0 Å². The van der Waals surface area contributed by atoms with E-state index in [1.807, 2.05) is 17.9 Å². The fourth-order valence-corrected chi connectivity index (χ4v) is 3.64. The van der Waals surface area contributed by atoms with Gasteiger partial charge in [-0.25, -0.2) is 0 Å². The van der Waals surface area contributed by atoms with Gasteiger partial charge in [-0.1, -0.05) is 0 Å². The molecular weight excluding hydrogens is 418 g/mol. The first-order valence-electron chi connectivity index (χ1n) is 10.2. The Morgan fingerprint density at radius 3 is 2.32 bits per heavy atom. The number of nitrogens with zero attached hydrogens (tertiary/aromatic N) is 2. The molecule has 170 valence electrons. The summed E-state index contributed by atoms with van der Waals surface area (Å²) in [6.07, 6.45) is 0. The summed E-state index contributed by atoms with van der Waals surface area (Å²) in [5.74, 6) is 0.398. The number of carbonyl (C=O) groups is 1. The second kappa shape index (κ2) is 10.3. The van der Waals surface area contributed by atoms with Crippen LogP contribution in [0.5, 0.6) is 0 Å². The van der Waals surface area contributed by atoms with Crippen molar-refractivity contribution < 1.29 is 18.2 Å². The van der Waals surface area contributed by atoms with Crippen LogP contribution in [-0.4, -0.2) is 61.0 Å². The highest BCUT2D eigenvalue weighted by Gasteiger charge is 2.23. The molecule has 1 unspecified atom stereocenters. The molecule has 1 aliphatic heterocycles. The molecule has 2 heterocycles. The van der Waals surface area contributed by atoms with Crippen LogP contribution >= 0.6 is 0 Å². The highest BCUT2D eigenvalue weighted by molar-refractivity contribution is 7.44. The van der Waals surface area contributed by atoms with Crippen LogP contribution in [0.15, 0.2) is 27.4 Å². The molecule has 31 heavy (non-hydrogen) atoms. The predicted molar refractivity (Wildman–Crippen MR) is 123 cm³/mol. The normalized spacial score (nSPS) is 15.2. The molecular formula is C22H31N3O5S. The van der Waals surface area contributed by atoms with Crippen LogP contribution in [0.25, 0.3) is 11.0 Å². The maximum Gasteiger partial charge on any atom is 0.253 e. The molecule has 9 heteroatoms. The van der Waals surface area contributed by atoms with Crippen molar-refractivity contribution in [3.63, 3.8) is 0 Å². The van der Waals surface area contributed by atoms with Crippen molar-refractivity contribution in [1.82, 2.24) is 10.2 Å². The maximum absolute atomic E-state index is 13.0. The van der Waals surface area contributed by atoms with Gasteiger partial charge < -0.3 is 24.3 Å². The van der Waals surface area contributed by atoms with Gasteiger partial charge in [-0.05, 0) is 39.8 Å². The Labute approximate surface area is 188 Å². The highest BCUT2D eigenvalue weighted by atomic mass is 32.1. The van der Waals surface area contributed by atoms with Gasteiger partial charge in [0.15, 0.2) is 23.8 Å². The Morgan fingerprint density at radius 1 is 1.16 bits per heavy atom. The van der Waals surface area contributed by atoms with E-state index in [-0.39, 0.29) is 22.9 Å². The third-order valence-corrected chi connectivity index (χ3v) is 4.94. The summed E-state index contributed by atoms with van der Waals surface area (Å²) < 4.78 is 19.5. The van der Waals surface area contributed by atoms with Gasteiger partial charge in [0, 0.05) is 56.0 Å².